The fourth-order valence-electron chi connectivity index (χ4n) is 13.0. The van der Waals surface area contributed by atoms with Gasteiger partial charge in [0, 0.05) is 22.2 Å². The van der Waals surface area contributed by atoms with Crippen molar-refractivity contribution in [1.82, 2.24) is 0 Å². The Kier molecular flexibility index (Phi) is 10.2. The van der Waals surface area contributed by atoms with Gasteiger partial charge in [-0.2, -0.15) is 0 Å². The Morgan fingerprint density at radius 1 is 0.264 bits per heavy atom. The van der Waals surface area contributed by atoms with Crippen molar-refractivity contribution >= 4 is 0 Å². The molecule has 1 unspecified atom stereocenters. The van der Waals surface area contributed by atoms with Crippen molar-refractivity contribution < 1.29 is 0 Å². The fourth-order valence-corrected chi connectivity index (χ4v) is 13.0. The monoisotopic (exact) mass is 924 g/mol. The van der Waals surface area contributed by atoms with E-state index in [0.717, 1.165) is 12.8 Å². The summed E-state index contributed by atoms with van der Waals surface area (Å²) in [5, 5.41) is 0. The van der Waals surface area contributed by atoms with Gasteiger partial charge in [0.2, 0.25) is 0 Å². The van der Waals surface area contributed by atoms with Crippen molar-refractivity contribution in [2.45, 2.75) is 76.5 Å². The maximum Gasteiger partial charge on any atom is 0.0159 e. The van der Waals surface area contributed by atoms with E-state index in [2.05, 4.69) is 266 Å². The van der Waals surface area contributed by atoms with E-state index >= 15 is 0 Å². The summed E-state index contributed by atoms with van der Waals surface area (Å²) in [4.78, 5) is 0. The maximum atomic E-state index is 2.58. The summed E-state index contributed by atoms with van der Waals surface area (Å²) in [5.74, 6) is 0.223. The second kappa shape index (κ2) is 16.6. The number of aryl methyl sites for hydroxylation is 1. The average Bonchev–Trinajstić information content (AvgIpc) is 3.90. The summed E-state index contributed by atoms with van der Waals surface area (Å²) in [5.41, 5.74) is 30.7. The highest BCUT2D eigenvalue weighted by atomic mass is 14.4. The van der Waals surface area contributed by atoms with Crippen molar-refractivity contribution in [2.75, 3.05) is 0 Å². The van der Waals surface area contributed by atoms with Crippen LogP contribution in [0.4, 0.5) is 0 Å². The second-order valence-electron chi connectivity index (χ2n) is 22.4. The molecule has 0 fully saturated rings. The summed E-state index contributed by atoms with van der Waals surface area (Å²) in [6, 6.07) is 85.0. The van der Waals surface area contributed by atoms with Crippen LogP contribution in [0.3, 0.4) is 0 Å². The molecule has 0 nitrogen and oxygen atoms in total. The molecular formula is C72H60. The van der Waals surface area contributed by atoms with Gasteiger partial charge >= 0.3 is 0 Å². The van der Waals surface area contributed by atoms with Crippen LogP contribution in [0.1, 0.15) is 104 Å². The molecule has 348 valence electrons. The highest BCUT2D eigenvalue weighted by Gasteiger charge is 2.39. The van der Waals surface area contributed by atoms with Crippen LogP contribution in [0.2, 0.25) is 0 Å². The number of hydrogen-bond donors (Lipinski definition) is 0. The van der Waals surface area contributed by atoms with E-state index < -0.39 is 0 Å². The Hall–Kier alpha value is -7.80. The van der Waals surface area contributed by atoms with E-state index in [1.807, 2.05) is 0 Å². The van der Waals surface area contributed by atoms with Crippen LogP contribution in [0.15, 0.2) is 224 Å². The quantitative estimate of drug-likeness (QED) is 0.135. The van der Waals surface area contributed by atoms with Crippen LogP contribution in [0, 0.1) is 0 Å². The predicted octanol–water partition coefficient (Wildman–Crippen LogP) is 19.0. The molecule has 0 bridgehead atoms. The van der Waals surface area contributed by atoms with E-state index in [1.165, 1.54) is 128 Å². The molecule has 0 radical (unpaired) electrons. The Labute approximate surface area is 426 Å². The zero-order chi connectivity index (χ0) is 48.9. The molecule has 0 aromatic heterocycles. The lowest BCUT2D eigenvalue weighted by Gasteiger charge is -2.26. The van der Waals surface area contributed by atoms with Gasteiger partial charge in [-0.3, -0.25) is 0 Å². The third-order valence-corrected chi connectivity index (χ3v) is 17.2. The number of rotatable bonds is 9. The molecule has 0 saturated carbocycles. The van der Waals surface area contributed by atoms with Gasteiger partial charge in [0.1, 0.15) is 0 Å². The number of fused-ring (bicyclic) bond motifs is 9. The van der Waals surface area contributed by atoms with Gasteiger partial charge in [0.15, 0.2) is 0 Å². The number of benzene rings is 10. The van der Waals surface area contributed by atoms with Crippen LogP contribution in [0.25, 0.3) is 77.9 Å². The largest absolute Gasteiger partial charge is 0.0622 e. The van der Waals surface area contributed by atoms with Crippen LogP contribution < -0.4 is 0 Å². The minimum Gasteiger partial charge on any atom is -0.0622 e. The molecular weight excluding hydrogens is 865 g/mol. The molecule has 0 heterocycles. The molecule has 1 atom stereocenters. The third kappa shape index (κ3) is 7.10. The van der Waals surface area contributed by atoms with Gasteiger partial charge in [0.25, 0.3) is 0 Å². The van der Waals surface area contributed by atoms with E-state index in [1.54, 1.807) is 0 Å². The van der Waals surface area contributed by atoms with E-state index in [9.17, 15) is 0 Å². The molecule has 10 aromatic rings. The Morgan fingerprint density at radius 3 is 1.07 bits per heavy atom. The fraction of sp³-hybridized carbons (Fsp3) is 0.167. The molecule has 0 spiro atoms. The lowest BCUT2D eigenvalue weighted by atomic mass is 9.77. The molecule has 10 aromatic carbocycles. The molecule has 0 amide bonds. The van der Waals surface area contributed by atoms with Gasteiger partial charge < -0.3 is 0 Å². The van der Waals surface area contributed by atoms with Crippen molar-refractivity contribution in [3.8, 4) is 77.9 Å². The van der Waals surface area contributed by atoms with Gasteiger partial charge in [-0.05, 0) is 153 Å². The molecule has 3 aliphatic carbocycles. The highest BCUT2D eigenvalue weighted by molar-refractivity contribution is 5.86. The van der Waals surface area contributed by atoms with Gasteiger partial charge in [-0.15, -0.1) is 0 Å². The molecule has 13 rings (SSSR count). The number of hydrogen-bond acceptors (Lipinski definition) is 0. The first-order chi connectivity index (χ1) is 34.9. The van der Waals surface area contributed by atoms with Crippen molar-refractivity contribution in [3.63, 3.8) is 0 Å². The topological polar surface area (TPSA) is 0 Å². The lowest BCUT2D eigenvalue weighted by Crippen LogP contribution is -2.17. The summed E-state index contributed by atoms with van der Waals surface area (Å²) < 4.78 is 0. The first-order valence-corrected chi connectivity index (χ1v) is 26.1. The van der Waals surface area contributed by atoms with Crippen molar-refractivity contribution in [1.29, 1.82) is 0 Å². The zero-order valence-corrected chi connectivity index (χ0v) is 42.4. The Balaban J connectivity index is 0.804. The van der Waals surface area contributed by atoms with Crippen LogP contribution in [-0.4, -0.2) is 0 Å². The molecule has 72 heavy (non-hydrogen) atoms. The first-order valence-electron chi connectivity index (χ1n) is 26.1. The minimum absolute atomic E-state index is 0.0652. The van der Waals surface area contributed by atoms with Gasteiger partial charge in [-0.1, -0.05) is 254 Å². The minimum atomic E-state index is -0.128. The summed E-state index contributed by atoms with van der Waals surface area (Å²) in [6.45, 7) is 14.5. The standard InChI is InChI=1S/C72H60/c1-70(2)64-20-14-13-19-58(64)60-39-33-55(44-68(60)70)57(56-34-40-63-62-37-31-53(48-17-11-8-12-18-48)42-67(62)72(5,6)69(63)45-56)35-21-46-22-36-59-61-38-32-54(43-66(61)71(3,4)65(59)41-46)52-29-27-51(28-30-52)50-25-23-49(24-26-50)47-15-9-7-10-16-47/h7-20,22-34,36-45,57H,21,35H2,1-6H3. The highest BCUT2D eigenvalue weighted by Crippen LogP contribution is 2.54. The molecule has 3 aliphatic rings. The molecule has 0 aliphatic heterocycles. The van der Waals surface area contributed by atoms with E-state index in [4.69, 9.17) is 0 Å². The normalized spacial score (nSPS) is 15.2. The summed E-state index contributed by atoms with van der Waals surface area (Å²) >= 11 is 0. The van der Waals surface area contributed by atoms with Crippen LogP contribution in [-0.2, 0) is 22.7 Å². The predicted molar refractivity (Wildman–Crippen MR) is 304 cm³/mol. The summed E-state index contributed by atoms with van der Waals surface area (Å²) in [7, 11) is 0. The smallest absolute Gasteiger partial charge is 0.0159 e. The molecule has 0 N–H and O–H groups in total. The summed E-state index contributed by atoms with van der Waals surface area (Å²) in [6.07, 6.45) is 2.00. The van der Waals surface area contributed by atoms with E-state index in [0.29, 0.717) is 0 Å². The Bertz CT molecular complexity index is 3730. The first kappa shape index (κ1) is 44.2. The second-order valence-corrected chi connectivity index (χ2v) is 22.4. The zero-order valence-electron chi connectivity index (χ0n) is 42.4. The molecule has 0 heteroatoms. The maximum absolute atomic E-state index is 2.58. The van der Waals surface area contributed by atoms with Crippen molar-refractivity contribution in [2.24, 2.45) is 0 Å². The Morgan fingerprint density at radius 2 is 0.583 bits per heavy atom. The van der Waals surface area contributed by atoms with Crippen LogP contribution in [0.5, 0.6) is 0 Å². The van der Waals surface area contributed by atoms with Gasteiger partial charge in [-0.25, -0.2) is 0 Å². The average molecular weight is 925 g/mol. The van der Waals surface area contributed by atoms with Crippen molar-refractivity contribution in [3.05, 3.63) is 275 Å². The van der Waals surface area contributed by atoms with Crippen LogP contribution >= 0.6 is 0 Å². The lowest BCUT2D eigenvalue weighted by molar-refractivity contribution is 0.648. The SMILES string of the molecule is CC1(C)c2cc(CCC(c3ccc4c(c3)C(C)(C)c3ccccc3-4)c3ccc4c(c3)C(C)(C)c3cc(-c5ccccc5)ccc3-4)ccc2-c2ccc(-c3ccc(-c4ccc(-c5ccccc5)cc4)cc3)cc21. The molecule has 0 saturated heterocycles. The third-order valence-electron chi connectivity index (χ3n) is 17.2. The van der Waals surface area contributed by atoms with E-state index in [-0.39, 0.29) is 22.2 Å². The van der Waals surface area contributed by atoms with Gasteiger partial charge in [0.05, 0.1) is 0 Å².